The third-order valence-electron chi connectivity index (χ3n) is 3.68. The molecule has 1 atom stereocenters. The fourth-order valence-electron chi connectivity index (χ4n) is 2.35. The molecule has 0 unspecified atom stereocenters. The smallest absolute Gasteiger partial charge is 0.307 e. The van der Waals surface area contributed by atoms with Gasteiger partial charge in [0.05, 0.1) is 26.2 Å². The first-order valence-corrected chi connectivity index (χ1v) is 8.07. The van der Waals surface area contributed by atoms with E-state index in [0.717, 1.165) is 11.1 Å². The van der Waals surface area contributed by atoms with E-state index in [2.05, 4.69) is 10.3 Å². The maximum absolute atomic E-state index is 12.7. The number of esters is 1. The number of carbonyl (C=O) groups excluding carboxylic acids is 2. The minimum absolute atomic E-state index is 0.0372. The summed E-state index contributed by atoms with van der Waals surface area (Å²) in [4.78, 5) is 28.5. The number of rotatable bonds is 7. The highest BCUT2D eigenvalue weighted by Crippen LogP contribution is 2.21. The summed E-state index contributed by atoms with van der Waals surface area (Å²) >= 11 is 0. The van der Waals surface area contributed by atoms with Crippen molar-refractivity contribution < 1.29 is 19.1 Å². The Kier molecular flexibility index (Phi) is 6.51. The number of benzene rings is 1. The highest BCUT2D eigenvalue weighted by Gasteiger charge is 2.22. The van der Waals surface area contributed by atoms with Crippen molar-refractivity contribution in [2.24, 2.45) is 0 Å². The first-order valence-electron chi connectivity index (χ1n) is 8.07. The largest absolute Gasteiger partial charge is 0.477 e. The second kappa shape index (κ2) is 8.82. The Labute approximate surface area is 147 Å². The fourth-order valence-corrected chi connectivity index (χ4v) is 2.35. The molecule has 0 bridgehead atoms. The van der Waals surface area contributed by atoms with Gasteiger partial charge in [-0.25, -0.2) is 4.98 Å². The van der Waals surface area contributed by atoms with E-state index in [4.69, 9.17) is 9.47 Å². The highest BCUT2D eigenvalue weighted by atomic mass is 16.5. The van der Waals surface area contributed by atoms with Gasteiger partial charge in [-0.2, -0.15) is 0 Å². The van der Waals surface area contributed by atoms with E-state index in [9.17, 15) is 9.59 Å². The van der Waals surface area contributed by atoms with Crippen LogP contribution in [-0.2, 0) is 9.53 Å². The molecule has 0 saturated heterocycles. The fraction of sp³-hybridized carbons (Fsp3) is 0.316. The summed E-state index contributed by atoms with van der Waals surface area (Å²) in [7, 11) is 1.32. The third kappa shape index (κ3) is 5.04. The van der Waals surface area contributed by atoms with Gasteiger partial charge in [0.15, 0.2) is 0 Å². The number of hydrogen-bond acceptors (Lipinski definition) is 5. The van der Waals surface area contributed by atoms with Gasteiger partial charge in [0, 0.05) is 6.20 Å². The molecule has 2 aromatic rings. The summed E-state index contributed by atoms with van der Waals surface area (Å²) in [5, 5.41) is 2.87. The maximum Gasteiger partial charge on any atom is 0.307 e. The van der Waals surface area contributed by atoms with Crippen molar-refractivity contribution in [3.63, 3.8) is 0 Å². The molecule has 1 N–H and O–H groups in total. The van der Waals surface area contributed by atoms with E-state index >= 15 is 0 Å². The van der Waals surface area contributed by atoms with Crippen LogP contribution in [-0.4, -0.2) is 30.6 Å². The molecule has 0 spiro atoms. The molecule has 1 heterocycles. The Morgan fingerprint density at radius 3 is 2.56 bits per heavy atom. The molecule has 0 saturated carbocycles. The van der Waals surface area contributed by atoms with Crippen LogP contribution in [0.25, 0.3) is 0 Å². The molecule has 1 aromatic heterocycles. The summed E-state index contributed by atoms with van der Waals surface area (Å²) in [5.41, 5.74) is 2.25. The number of ether oxygens (including phenoxy) is 2. The van der Waals surface area contributed by atoms with E-state index in [1.54, 1.807) is 18.3 Å². The lowest BCUT2D eigenvalue weighted by molar-refractivity contribution is -0.141. The number of methoxy groups -OCH3 is 1. The molecular formula is C19H22N2O4. The average Bonchev–Trinajstić information content (AvgIpc) is 2.62. The second-order valence-corrected chi connectivity index (χ2v) is 5.51. The van der Waals surface area contributed by atoms with Gasteiger partial charge in [-0.05, 0) is 31.5 Å². The molecule has 0 aliphatic carbocycles. The van der Waals surface area contributed by atoms with E-state index in [1.165, 1.54) is 7.11 Å². The predicted octanol–water partition coefficient (Wildman–Crippen LogP) is 2.82. The van der Waals surface area contributed by atoms with E-state index in [0.29, 0.717) is 12.2 Å². The maximum atomic E-state index is 12.7. The van der Waals surface area contributed by atoms with Gasteiger partial charge >= 0.3 is 5.97 Å². The number of carbonyl (C=O) groups is 2. The van der Waals surface area contributed by atoms with Crippen molar-refractivity contribution in [2.75, 3.05) is 13.7 Å². The topological polar surface area (TPSA) is 77.5 Å². The lowest BCUT2D eigenvalue weighted by Gasteiger charge is -2.19. The highest BCUT2D eigenvalue weighted by molar-refractivity contribution is 5.96. The monoisotopic (exact) mass is 342 g/mol. The molecule has 0 aliphatic rings. The molecular weight excluding hydrogens is 320 g/mol. The lowest BCUT2D eigenvalue weighted by Crippen LogP contribution is -2.31. The van der Waals surface area contributed by atoms with Crippen molar-refractivity contribution in [2.45, 2.75) is 26.3 Å². The van der Waals surface area contributed by atoms with Crippen molar-refractivity contribution in [3.05, 3.63) is 59.3 Å². The van der Waals surface area contributed by atoms with Gasteiger partial charge < -0.3 is 14.8 Å². The van der Waals surface area contributed by atoms with Crippen LogP contribution in [0.2, 0.25) is 0 Å². The number of amides is 1. The summed E-state index contributed by atoms with van der Waals surface area (Å²) in [6.45, 7) is 4.20. The third-order valence-corrected chi connectivity index (χ3v) is 3.68. The Balaban J connectivity index is 2.25. The van der Waals surface area contributed by atoms with Gasteiger partial charge in [0.1, 0.15) is 5.56 Å². The minimum Gasteiger partial charge on any atom is -0.477 e. The van der Waals surface area contributed by atoms with E-state index in [-0.39, 0.29) is 18.2 Å². The SMILES string of the molecule is CCOc1ncccc1C(=O)N[C@H](CC(=O)OC)c1ccc(C)cc1. The zero-order valence-electron chi connectivity index (χ0n) is 14.6. The quantitative estimate of drug-likeness (QED) is 0.783. The zero-order chi connectivity index (χ0) is 18.2. The van der Waals surface area contributed by atoms with Crippen LogP contribution < -0.4 is 10.1 Å². The van der Waals surface area contributed by atoms with Crippen LogP contribution >= 0.6 is 0 Å². The Hall–Kier alpha value is -2.89. The van der Waals surface area contributed by atoms with Gasteiger partial charge in [0.2, 0.25) is 5.88 Å². The normalized spacial score (nSPS) is 11.5. The first kappa shape index (κ1) is 18.4. The van der Waals surface area contributed by atoms with E-state index in [1.807, 2.05) is 38.1 Å². The van der Waals surface area contributed by atoms with Crippen molar-refractivity contribution in [1.82, 2.24) is 10.3 Å². The van der Waals surface area contributed by atoms with Gasteiger partial charge in [-0.3, -0.25) is 9.59 Å². The van der Waals surface area contributed by atoms with Crippen LogP contribution in [0, 0.1) is 6.92 Å². The summed E-state index contributed by atoms with van der Waals surface area (Å²) in [6, 6.07) is 10.4. The molecule has 132 valence electrons. The molecule has 0 fully saturated rings. The number of nitrogens with one attached hydrogen (secondary N) is 1. The Morgan fingerprint density at radius 2 is 1.92 bits per heavy atom. The first-order chi connectivity index (χ1) is 12.0. The van der Waals surface area contributed by atoms with Crippen LogP contribution in [0.3, 0.4) is 0 Å². The summed E-state index contributed by atoms with van der Waals surface area (Å²) in [6.07, 6.45) is 1.60. The minimum atomic E-state index is -0.504. The van der Waals surface area contributed by atoms with Crippen molar-refractivity contribution in [1.29, 1.82) is 0 Å². The molecule has 25 heavy (non-hydrogen) atoms. The molecule has 0 radical (unpaired) electrons. The molecule has 6 nitrogen and oxygen atoms in total. The standard InChI is InChI=1S/C19H22N2O4/c1-4-25-19-15(6-5-11-20-19)18(23)21-16(12-17(22)24-3)14-9-7-13(2)8-10-14/h5-11,16H,4,12H2,1-3H3,(H,21,23)/t16-/m1/s1. The number of pyridine rings is 1. The van der Waals surface area contributed by atoms with Gasteiger partial charge in [-0.1, -0.05) is 29.8 Å². The Morgan fingerprint density at radius 1 is 1.20 bits per heavy atom. The molecule has 1 amide bonds. The zero-order valence-corrected chi connectivity index (χ0v) is 14.6. The molecule has 6 heteroatoms. The number of aryl methyl sites for hydroxylation is 1. The van der Waals surface area contributed by atoms with Gasteiger partial charge in [-0.15, -0.1) is 0 Å². The van der Waals surface area contributed by atoms with Crippen LogP contribution in [0.1, 0.15) is 40.9 Å². The summed E-state index contributed by atoms with van der Waals surface area (Å²) < 4.78 is 10.1. The van der Waals surface area contributed by atoms with Crippen molar-refractivity contribution >= 4 is 11.9 Å². The number of nitrogens with zero attached hydrogens (tertiary/aromatic N) is 1. The number of hydrogen-bond donors (Lipinski definition) is 1. The van der Waals surface area contributed by atoms with Crippen LogP contribution in [0.4, 0.5) is 0 Å². The molecule has 0 aliphatic heterocycles. The lowest BCUT2D eigenvalue weighted by atomic mass is 10.0. The average molecular weight is 342 g/mol. The number of aromatic nitrogens is 1. The van der Waals surface area contributed by atoms with Crippen molar-refractivity contribution in [3.8, 4) is 5.88 Å². The predicted molar refractivity (Wildman–Crippen MR) is 93.4 cm³/mol. The van der Waals surface area contributed by atoms with E-state index < -0.39 is 12.0 Å². The summed E-state index contributed by atoms with van der Waals surface area (Å²) in [5.74, 6) is -0.489. The Bertz CT molecular complexity index is 728. The van der Waals surface area contributed by atoms with Gasteiger partial charge in [0.25, 0.3) is 5.91 Å². The van der Waals surface area contributed by atoms with Crippen LogP contribution in [0.15, 0.2) is 42.6 Å². The molecule has 1 aromatic carbocycles. The second-order valence-electron chi connectivity index (χ2n) is 5.51. The van der Waals surface area contributed by atoms with Crippen LogP contribution in [0.5, 0.6) is 5.88 Å². The molecule has 2 rings (SSSR count).